The van der Waals surface area contributed by atoms with Gasteiger partial charge in [-0.2, -0.15) is 0 Å². The summed E-state index contributed by atoms with van der Waals surface area (Å²) in [5.41, 5.74) is 0.486. The van der Waals surface area contributed by atoms with E-state index in [0.29, 0.717) is 10.9 Å². The minimum Gasteiger partial charge on any atom is -0.506 e. The zero-order valence-corrected chi connectivity index (χ0v) is 9.62. The first-order valence-electron chi connectivity index (χ1n) is 5.42. The molecular weight excluding hydrogens is 232 g/mol. The van der Waals surface area contributed by atoms with Gasteiger partial charge in [-0.25, -0.2) is 0 Å². The van der Waals surface area contributed by atoms with Crippen LogP contribution in [0.5, 0.6) is 5.75 Å². The second-order valence-electron chi connectivity index (χ2n) is 3.98. The SMILES string of the molecule is Cn1c(=O)c(-c2ccno2)c(O)c2ccccc21. The van der Waals surface area contributed by atoms with Gasteiger partial charge in [-0.05, 0) is 12.1 Å². The Labute approximate surface area is 102 Å². The van der Waals surface area contributed by atoms with E-state index in [4.69, 9.17) is 4.52 Å². The molecule has 0 saturated carbocycles. The minimum absolute atomic E-state index is 0.0783. The van der Waals surface area contributed by atoms with E-state index in [2.05, 4.69) is 5.16 Å². The normalized spacial score (nSPS) is 10.9. The van der Waals surface area contributed by atoms with Crippen LogP contribution in [0.2, 0.25) is 0 Å². The van der Waals surface area contributed by atoms with Gasteiger partial charge in [-0.3, -0.25) is 4.79 Å². The quantitative estimate of drug-likeness (QED) is 0.707. The van der Waals surface area contributed by atoms with Gasteiger partial charge in [0, 0.05) is 18.5 Å². The molecular formula is C13H10N2O3. The Morgan fingerprint density at radius 2 is 2.06 bits per heavy atom. The Hall–Kier alpha value is -2.56. The number of aromatic nitrogens is 2. The molecule has 0 fully saturated rings. The Bertz CT molecular complexity index is 773. The second kappa shape index (κ2) is 3.73. The molecule has 90 valence electrons. The Morgan fingerprint density at radius 1 is 1.28 bits per heavy atom. The van der Waals surface area contributed by atoms with Gasteiger partial charge >= 0.3 is 0 Å². The predicted octanol–water partition coefficient (Wildman–Crippen LogP) is 1.90. The number of aryl methyl sites for hydroxylation is 1. The third-order valence-corrected chi connectivity index (χ3v) is 2.96. The first-order valence-corrected chi connectivity index (χ1v) is 5.42. The summed E-state index contributed by atoms with van der Waals surface area (Å²) in [5.74, 6) is 0.185. The smallest absolute Gasteiger partial charge is 0.265 e. The van der Waals surface area contributed by atoms with Crippen molar-refractivity contribution < 1.29 is 9.63 Å². The number of rotatable bonds is 1. The van der Waals surface area contributed by atoms with Gasteiger partial charge < -0.3 is 14.2 Å². The summed E-state index contributed by atoms with van der Waals surface area (Å²) in [6.07, 6.45) is 1.43. The van der Waals surface area contributed by atoms with Crippen molar-refractivity contribution in [3.63, 3.8) is 0 Å². The molecule has 3 aromatic rings. The number of nitrogens with zero attached hydrogens (tertiary/aromatic N) is 2. The first-order chi connectivity index (χ1) is 8.70. The van der Waals surface area contributed by atoms with Crippen LogP contribution in [0.4, 0.5) is 0 Å². The van der Waals surface area contributed by atoms with E-state index in [1.54, 1.807) is 31.3 Å². The molecule has 1 N–H and O–H groups in total. The summed E-state index contributed by atoms with van der Waals surface area (Å²) < 4.78 is 6.44. The highest BCUT2D eigenvalue weighted by Crippen LogP contribution is 2.32. The van der Waals surface area contributed by atoms with Gasteiger partial charge in [-0.1, -0.05) is 17.3 Å². The van der Waals surface area contributed by atoms with Crippen LogP contribution in [-0.4, -0.2) is 14.8 Å². The topological polar surface area (TPSA) is 68.3 Å². The molecule has 1 aromatic carbocycles. The molecule has 0 atom stereocenters. The van der Waals surface area contributed by atoms with Crippen LogP contribution in [0.15, 0.2) is 45.8 Å². The molecule has 2 heterocycles. The van der Waals surface area contributed by atoms with Crippen molar-refractivity contribution in [1.29, 1.82) is 0 Å². The molecule has 2 aromatic heterocycles. The maximum absolute atomic E-state index is 12.2. The van der Waals surface area contributed by atoms with Crippen molar-refractivity contribution in [3.05, 3.63) is 46.9 Å². The standard InChI is InChI=1S/C13H10N2O3/c1-15-9-5-3-2-4-8(9)12(16)11(13(15)17)10-6-7-14-18-10/h2-7,16H,1H3. The molecule has 3 rings (SSSR count). The van der Waals surface area contributed by atoms with Crippen molar-refractivity contribution in [2.75, 3.05) is 0 Å². The van der Waals surface area contributed by atoms with Gasteiger partial charge in [-0.15, -0.1) is 0 Å². The van der Waals surface area contributed by atoms with E-state index < -0.39 is 0 Å². The van der Waals surface area contributed by atoms with Gasteiger partial charge in [0.1, 0.15) is 11.3 Å². The number of aromatic hydroxyl groups is 1. The van der Waals surface area contributed by atoms with Crippen molar-refractivity contribution >= 4 is 10.9 Å². The van der Waals surface area contributed by atoms with Crippen LogP contribution in [0.25, 0.3) is 22.2 Å². The lowest BCUT2D eigenvalue weighted by Crippen LogP contribution is -2.19. The van der Waals surface area contributed by atoms with Crippen LogP contribution in [0.3, 0.4) is 0 Å². The highest BCUT2D eigenvalue weighted by Gasteiger charge is 2.18. The monoisotopic (exact) mass is 242 g/mol. The van der Waals surface area contributed by atoms with E-state index in [-0.39, 0.29) is 22.6 Å². The molecule has 0 spiro atoms. The van der Waals surface area contributed by atoms with Crippen LogP contribution >= 0.6 is 0 Å². The zero-order valence-electron chi connectivity index (χ0n) is 9.62. The fraction of sp³-hybridized carbons (Fsp3) is 0.0769. The fourth-order valence-corrected chi connectivity index (χ4v) is 2.05. The lowest BCUT2D eigenvalue weighted by Gasteiger charge is -2.09. The summed E-state index contributed by atoms with van der Waals surface area (Å²) in [7, 11) is 1.66. The summed E-state index contributed by atoms with van der Waals surface area (Å²) in [5, 5.41) is 14.4. The van der Waals surface area contributed by atoms with Gasteiger partial charge in [0.05, 0.1) is 11.7 Å². The van der Waals surface area contributed by atoms with E-state index in [0.717, 1.165) is 0 Å². The lowest BCUT2D eigenvalue weighted by atomic mass is 10.1. The molecule has 0 aliphatic rings. The first kappa shape index (κ1) is 10.6. The molecule has 0 bridgehead atoms. The Balaban J connectivity index is 2.51. The largest absolute Gasteiger partial charge is 0.506 e. The molecule has 0 radical (unpaired) electrons. The number of hydrogen-bond acceptors (Lipinski definition) is 4. The summed E-state index contributed by atoms with van der Waals surface area (Å²) >= 11 is 0. The van der Waals surface area contributed by atoms with Crippen molar-refractivity contribution in [1.82, 2.24) is 9.72 Å². The van der Waals surface area contributed by atoms with Crippen LogP contribution < -0.4 is 5.56 Å². The van der Waals surface area contributed by atoms with Gasteiger partial charge in [0.25, 0.3) is 5.56 Å². The van der Waals surface area contributed by atoms with Crippen LogP contribution in [0.1, 0.15) is 0 Å². The Morgan fingerprint density at radius 3 is 2.78 bits per heavy atom. The van der Waals surface area contributed by atoms with Crippen LogP contribution in [0, 0.1) is 0 Å². The number of benzene rings is 1. The zero-order chi connectivity index (χ0) is 12.7. The van der Waals surface area contributed by atoms with Crippen molar-refractivity contribution in [3.8, 4) is 17.1 Å². The number of pyridine rings is 1. The highest BCUT2D eigenvalue weighted by molar-refractivity contribution is 5.91. The van der Waals surface area contributed by atoms with Crippen molar-refractivity contribution in [2.24, 2.45) is 7.05 Å². The van der Waals surface area contributed by atoms with E-state index in [9.17, 15) is 9.90 Å². The number of para-hydroxylation sites is 1. The molecule has 0 saturated heterocycles. The van der Waals surface area contributed by atoms with E-state index >= 15 is 0 Å². The molecule has 0 aliphatic heterocycles. The molecule has 5 heteroatoms. The maximum atomic E-state index is 12.2. The third kappa shape index (κ3) is 1.34. The number of fused-ring (bicyclic) bond motifs is 1. The maximum Gasteiger partial charge on any atom is 0.265 e. The average Bonchev–Trinajstić information content (AvgIpc) is 2.90. The van der Waals surface area contributed by atoms with Gasteiger partial charge in [0.15, 0.2) is 5.76 Å². The average molecular weight is 242 g/mol. The summed E-state index contributed by atoms with van der Waals surface area (Å²) in [4.78, 5) is 12.2. The molecule has 0 unspecified atom stereocenters. The molecule has 18 heavy (non-hydrogen) atoms. The van der Waals surface area contributed by atoms with E-state index in [1.165, 1.54) is 10.8 Å². The predicted molar refractivity (Wildman–Crippen MR) is 66.4 cm³/mol. The second-order valence-corrected chi connectivity index (χ2v) is 3.98. The fourth-order valence-electron chi connectivity index (χ4n) is 2.05. The summed E-state index contributed by atoms with van der Waals surface area (Å²) in [6, 6.07) is 8.70. The molecule has 0 aliphatic carbocycles. The Kier molecular flexibility index (Phi) is 2.19. The van der Waals surface area contributed by atoms with E-state index in [1.807, 2.05) is 6.07 Å². The lowest BCUT2D eigenvalue weighted by molar-refractivity contribution is 0.425. The number of hydrogen-bond donors (Lipinski definition) is 1. The minimum atomic E-state index is -0.317. The third-order valence-electron chi connectivity index (χ3n) is 2.96. The van der Waals surface area contributed by atoms with Crippen LogP contribution in [-0.2, 0) is 7.05 Å². The molecule has 0 amide bonds. The highest BCUT2D eigenvalue weighted by atomic mass is 16.5. The molecule has 5 nitrogen and oxygen atoms in total. The summed E-state index contributed by atoms with van der Waals surface area (Å²) in [6.45, 7) is 0. The van der Waals surface area contributed by atoms with Crippen molar-refractivity contribution in [2.45, 2.75) is 0 Å². The van der Waals surface area contributed by atoms with Gasteiger partial charge in [0.2, 0.25) is 0 Å².